The number of esters is 1. The van der Waals surface area contributed by atoms with E-state index in [0.29, 0.717) is 28.7 Å². The van der Waals surface area contributed by atoms with Crippen LogP contribution in [0, 0.1) is 0 Å². The second-order valence-corrected chi connectivity index (χ2v) is 7.61. The standard InChI is InChI=1S/C18H22N2O4S2/c1-3-5-10-24-17(23)12-6-8-13(9-7-12)19-15(21)11-14-16(22)20(4-2)18(25)26-14/h6-9,14H,3-5,10-11H2,1-2H3,(H,19,21). The third kappa shape index (κ3) is 5.28. The Morgan fingerprint density at radius 2 is 1.96 bits per heavy atom. The van der Waals surface area contributed by atoms with Gasteiger partial charge in [-0.25, -0.2) is 4.79 Å². The molecular formula is C18H22N2O4S2. The number of hydrogen-bond acceptors (Lipinski definition) is 6. The summed E-state index contributed by atoms with van der Waals surface area (Å²) >= 11 is 6.39. The molecule has 2 amide bonds. The molecule has 1 aliphatic heterocycles. The van der Waals surface area contributed by atoms with Gasteiger partial charge in [0.1, 0.15) is 4.32 Å². The summed E-state index contributed by atoms with van der Waals surface area (Å²) < 4.78 is 5.65. The third-order valence-electron chi connectivity index (χ3n) is 3.83. The van der Waals surface area contributed by atoms with Crippen molar-refractivity contribution in [2.24, 2.45) is 0 Å². The largest absolute Gasteiger partial charge is 0.462 e. The van der Waals surface area contributed by atoms with Crippen LogP contribution < -0.4 is 5.32 Å². The van der Waals surface area contributed by atoms with E-state index in [1.54, 1.807) is 24.3 Å². The molecule has 2 rings (SSSR count). The lowest BCUT2D eigenvalue weighted by molar-refractivity contribution is -0.128. The lowest BCUT2D eigenvalue weighted by atomic mass is 10.2. The van der Waals surface area contributed by atoms with Crippen LogP contribution in [0.5, 0.6) is 0 Å². The molecule has 1 N–H and O–H groups in total. The minimum Gasteiger partial charge on any atom is -0.462 e. The summed E-state index contributed by atoms with van der Waals surface area (Å²) in [6, 6.07) is 6.49. The predicted molar refractivity (Wildman–Crippen MR) is 106 cm³/mol. The number of nitrogens with one attached hydrogen (secondary N) is 1. The number of carbonyl (C=O) groups excluding carboxylic acids is 3. The van der Waals surface area contributed by atoms with Crippen molar-refractivity contribution in [2.45, 2.75) is 38.4 Å². The quantitative estimate of drug-likeness (QED) is 0.414. The van der Waals surface area contributed by atoms with E-state index in [1.807, 2.05) is 13.8 Å². The summed E-state index contributed by atoms with van der Waals surface area (Å²) in [7, 11) is 0. The number of carbonyl (C=O) groups is 3. The van der Waals surface area contributed by atoms with E-state index in [0.717, 1.165) is 12.8 Å². The molecule has 8 heteroatoms. The number of nitrogens with zero attached hydrogens (tertiary/aromatic N) is 1. The first-order valence-electron chi connectivity index (χ1n) is 8.55. The lowest BCUT2D eigenvalue weighted by Crippen LogP contribution is -2.32. The van der Waals surface area contributed by atoms with Crippen LogP contribution in [0.4, 0.5) is 5.69 Å². The van der Waals surface area contributed by atoms with E-state index < -0.39 is 5.25 Å². The Hall–Kier alpha value is -1.93. The highest BCUT2D eigenvalue weighted by Gasteiger charge is 2.37. The Balaban J connectivity index is 1.87. The van der Waals surface area contributed by atoms with Crippen LogP contribution in [0.1, 0.15) is 43.5 Å². The lowest BCUT2D eigenvalue weighted by Gasteiger charge is -2.12. The summed E-state index contributed by atoms with van der Waals surface area (Å²) in [6.45, 7) is 4.79. The van der Waals surface area contributed by atoms with Crippen LogP contribution in [-0.4, -0.2) is 45.4 Å². The highest BCUT2D eigenvalue weighted by molar-refractivity contribution is 8.24. The monoisotopic (exact) mass is 394 g/mol. The fourth-order valence-corrected chi connectivity index (χ4v) is 4.00. The molecule has 140 valence electrons. The number of thioether (sulfide) groups is 1. The molecule has 1 unspecified atom stereocenters. The van der Waals surface area contributed by atoms with Crippen LogP contribution in [-0.2, 0) is 14.3 Å². The van der Waals surface area contributed by atoms with Gasteiger partial charge in [-0.15, -0.1) is 0 Å². The predicted octanol–water partition coefficient (Wildman–Crippen LogP) is 3.22. The van der Waals surface area contributed by atoms with Crippen molar-refractivity contribution >= 4 is 51.8 Å². The summed E-state index contributed by atoms with van der Waals surface area (Å²) in [5, 5.41) is 2.26. The van der Waals surface area contributed by atoms with Crippen molar-refractivity contribution in [3.63, 3.8) is 0 Å². The molecular weight excluding hydrogens is 372 g/mol. The van der Waals surface area contributed by atoms with E-state index in [-0.39, 0.29) is 24.2 Å². The van der Waals surface area contributed by atoms with Crippen LogP contribution in [0.2, 0.25) is 0 Å². The van der Waals surface area contributed by atoms with E-state index >= 15 is 0 Å². The number of rotatable bonds is 8. The summed E-state index contributed by atoms with van der Waals surface area (Å²) in [5.41, 5.74) is 0.995. The molecule has 1 aromatic rings. The first-order chi connectivity index (χ1) is 12.5. The van der Waals surface area contributed by atoms with Crippen molar-refractivity contribution in [1.82, 2.24) is 4.90 Å². The van der Waals surface area contributed by atoms with Gasteiger partial charge in [0.05, 0.1) is 17.4 Å². The maximum Gasteiger partial charge on any atom is 0.338 e. The van der Waals surface area contributed by atoms with Gasteiger partial charge in [0.2, 0.25) is 11.8 Å². The summed E-state index contributed by atoms with van der Waals surface area (Å²) in [5.74, 6) is -0.768. The van der Waals surface area contributed by atoms with Gasteiger partial charge in [0, 0.05) is 18.7 Å². The minimum absolute atomic E-state index is 0.0565. The second kappa shape index (κ2) is 9.68. The van der Waals surface area contributed by atoms with Crippen molar-refractivity contribution < 1.29 is 19.1 Å². The molecule has 1 aromatic carbocycles. The van der Waals surface area contributed by atoms with Crippen molar-refractivity contribution in [2.75, 3.05) is 18.5 Å². The van der Waals surface area contributed by atoms with Gasteiger partial charge in [0.15, 0.2) is 0 Å². The number of benzene rings is 1. The Morgan fingerprint density at radius 1 is 1.27 bits per heavy atom. The Kier molecular flexibility index (Phi) is 7.59. The first kappa shape index (κ1) is 20.4. The van der Waals surface area contributed by atoms with E-state index in [1.165, 1.54) is 16.7 Å². The second-order valence-electron chi connectivity index (χ2n) is 5.77. The molecule has 1 heterocycles. The van der Waals surface area contributed by atoms with Crippen LogP contribution in [0.25, 0.3) is 0 Å². The average molecular weight is 395 g/mol. The van der Waals surface area contributed by atoms with Crippen LogP contribution in [0.3, 0.4) is 0 Å². The fraction of sp³-hybridized carbons (Fsp3) is 0.444. The molecule has 1 saturated heterocycles. The fourth-order valence-electron chi connectivity index (χ4n) is 2.38. The van der Waals surface area contributed by atoms with Crippen LogP contribution in [0.15, 0.2) is 24.3 Å². The Morgan fingerprint density at radius 3 is 2.54 bits per heavy atom. The zero-order chi connectivity index (χ0) is 19.1. The zero-order valence-corrected chi connectivity index (χ0v) is 16.5. The van der Waals surface area contributed by atoms with Crippen molar-refractivity contribution in [3.05, 3.63) is 29.8 Å². The molecule has 0 radical (unpaired) electrons. The third-order valence-corrected chi connectivity index (χ3v) is 5.41. The number of amides is 2. The smallest absolute Gasteiger partial charge is 0.338 e. The zero-order valence-electron chi connectivity index (χ0n) is 14.8. The number of hydrogen-bond donors (Lipinski definition) is 1. The number of unbranched alkanes of at least 4 members (excludes halogenated alkanes) is 1. The van der Waals surface area contributed by atoms with Crippen LogP contribution >= 0.6 is 24.0 Å². The number of ether oxygens (including phenoxy) is 1. The summed E-state index contributed by atoms with van der Waals surface area (Å²) in [6.07, 6.45) is 1.85. The van der Waals surface area contributed by atoms with E-state index in [9.17, 15) is 14.4 Å². The molecule has 6 nitrogen and oxygen atoms in total. The molecule has 0 aliphatic carbocycles. The molecule has 1 atom stereocenters. The van der Waals surface area contributed by atoms with Gasteiger partial charge in [-0.05, 0) is 37.6 Å². The minimum atomic E-state index is -0.477. The normalized spacial score (nSPS) is 16.7. The van der Waals surface area contributed by atoms with Gasteiger partial charge < -0.3 is 10.1 Å². The van der Waals surface area contributed by atoms with E-state index in [2.05, 4.69) is 5.32 Å². The molecule has 0 aromatic heterocycles. The Bertz CT molecular complexity index is 691. The van der Waals surface area contributed by atoms with Crippen molar-refractivity contribution in [3.8, 4) is 0 Å². The van der Waals surface area contributed by atoms with Gasteiger partial charge in [0.25, 0.3) is 0 Å². The van der Waals surface area contributed by atoms with E-state index in [4.69, 9.17) is 17.0 Å². The van der Waals surface area contributed by atoms with Gasteiger partial charge in [-0.3, -0.25) is 14.5 Å². The average Bonchev–Trinajstić information content (AvgIpc) is 2.88. The van der Waals surface area contributed by atoms with Crippen molar-refractivity contribution in [1.29, 1.82) is 0 Å². The summed E-state index contributed by atoms with van der Waals surface area (Å²) in [4.78, 5) is 37.7. The van der Waals surface area contributed by atoms with Gasteiger partial charge in [-0.1, -0.05) is 37.3 Å². The Labute approximate surface area is 162 Å². The molecule has 1 aliphatic rings. The molecule has 1 fully saturated rings. The molecule has 0 saturated carbocycles. The highest BCUT2D eigenvalue weighted by Crippen LogP contribution is 2.29. The number of thiocarbonyl (C=S) groups is 1. The first-order valence-corrected chi connectivity index (χ1v) is 9.84. The SMILES string of the molecule is CCCCOC(=O)c1ccc(NC(=O)CC2SC(=S)N(CC)C2=O)cc1. The van der Waals surface area contributed by atoms with Gasteiger partial charge >= 0.3 is 5.97 Å². The highest BCUT2D eigenvalue weighted by atomic mass is 32.2. The topological polar surface area (TPSA) is 75.7 Å². The number of anilines is 1. The van der Waals surface area contributed by atoms with Gasteiger partial charge in [-0.2, -0.15) is 0 Å². The molecule has 26 heavy (non-hydrogen) atoms. The molecule has 0 spiro atoms. The molecule has 0 bridgehead atoms. The maximum atomic E-state index is 12.2. The maximum absolute atomic E-state index is 12.2.